The van der Waals surface area contributed by atoms with Crippen molar-refractivity contribution in [2.24, 2.45) is 17.3 Å². The zero-order valence-corrected chi connectivity index (χ0v) is 20.9. The lowest BCUT2D eigenvalue weighted by molar-refractivity contribution is -0.407. The van der Waals surface area contributed by atoms with Gasteiger partial charge in [0.25, 0.3) is 10.1 Å². The smallest absolute Gasteiger partial charge is 0.298 e. The van der Waals surface area contributed by atoms with Crippen molar-refractivity contribution < 1.29 is 63.2 Å². The maximum absolute atomic E-state index is 12.1. The van der Waals surface area contributed by atoms with E-state index in [0.29, 0.717) is 19.3 Å². The standard InChI is InChI=1S/C21H38O13S/c1-19(2,27)9-5-7-20(3)10(22)6-8-21(4,28)16(20)14(9)33-34-18(35(29,30)31)15-12(24)11(23)13(25)17(26)32-15/h9-18,22-28H,5-8H2,1-4H3,(H,29,30,31). The van der Waals surface area contributed by atoms with Crippen molar-refractivity contribution in [3.8, 4) is 0 Å². The molecule has 35 heavy (non-hydrogen) atoms. The molecule has 2 saturated carbocycles. The molecule has 0 aromatic rings. The zero-order valence-electron chi connectivity index (χ0n) is 20.1. The van der Waals surface area contributed by atoms with Crippen LogP contribution in [-0.2, 0) is 24.6 Å². The first-order chi connectivity index (χ1) is 15.8. The highest BCUT2D eigenvalue weighted by Gasteiger charge is 2.62. The fourth-order valence-corrected chi connectivity index (χ4v) is 6.84. The molecule has 14 heteroatoms. The third kappa shape index (κ3) is 5.40. The SMILES string of the molecule is CC(C)(O)C1CCC2(C)C(O)CCC(C)(O)C2C1OOC(C1OC(O)C(O)C(O)C1O)S(=O)(=O)O. The van der Waals surface area contributed by atoms with Crippen LogP contribution in [0.25, 0.3) is 0 Å². The normalized spacial score (nSPS) is 48.3. The second-order valence-electron chi connectivity index (χ2n) is 11.2. The van der Waals surface area contributed by atoms with Crippen LogP contribution >= 0.6 is 0 Å². The van der Waals surface area contributed by atoms with E-state index in [1.54, 1.807) is 13.8 Å². The second kappa shape index (κ2) is 9.67. The predicted octanol–water partition coefficient (Wildman–Crippen LogP) is -1.97. The van der Waals surface area contributed by atoms with Gasteiger partial charge in [0.1, 0.15) is 30.5 Å². The van der Waals surface area contributed by atoms with Gasteiger partial charge < -0.3 is 40.5 Å². The summed E-state index contributed by atoms with van der Waals surface area (Å²) in [6.45, 7) is 6.32. The Morgan fingerprint density at radius 3 is 2.14 bits per heavy atom. The van der Waals surface area contributed by atoms with E-state index in [1.165, 1.54) is 13.8 Å². The van der Waals surface area contributed by atoms with E-state index < -0.39 is 86.9 Å². The van der Waals surface area contributed by atoms with Crippen molar-refractivity contribution in [2.75, 3.05) is 0 Å². The average molecular weight is 531 g/mol. The minimum atomic E-state index is -5.21. The Morgan fingerprint density at radius 2 is 1.60 bits per heavy atom. The molecule has 12 atom stereocenters. The Morgan fingerprint density at radius 1 is 1.00 bits per heavy atom. The number of ether oxygens (including phenoxy) is 1. The Hall–Kier alpha value is -0.490. The van der Waals surface area contributed by atoms with Crippen molar-refractivity contribution >= 4 is 10.1 Å². The Balaban J connectivity index is 1.96. The minimum Gasteiger partial charge on any atom is -0.393 e. The van der Waals surface area contributed by atoms with Gasteiger partial charge in [0.2, 0.25) is 5.44 Å². The molecule has 13 nitrogen and oxygen atoms in total. The molecule has 3 rings (SSSR count). The van der Waals surface area contributed by atoms with Gasteiger partial charge in [0.05, 0.1) is 17.3 Å². The molecule has 8 N–H and O–H groups in total. The van der Waals surface area contributed by atoms with Crippen LogP contribution in [0.2, 0.25) is 0 Å². The third-order valence-electron chi connectivity index (χ3n) is 8.14. The first-order valence-electron chi connectivity index (χ1n) is 11.6. The van der Waals surface area contributed by atoms with Crippen LogP contribution in [0.1, 0.15) is 53.4 Å². The van der Waals surface area contributed by atoms with E-state index in [1.807, 2.05) is 0 Å². The van der Waals surface area contributed by atoms with E-state index in [9.17, 15) is 48.7 Å². The maximum atomic E-state index is 12.1. The summed E-state index contributed by atoms with van der Waals surface area (Å²) in [7, 11) is -5.21. The van der Waals surface area contributed by atoms with Gasteiger partial charge in [-0.15, -0.1) is 0 Å². The Kier molecular flexibility index (Phi) is 8.03. The molecular formula is C21H38O13S. The van der Waals surface area contributed by atoms with Gasteiger partial charge in [0.15, 0.2) is 6.29 Å². The van der Waals surface area contributed by atoms with Gasteiger partial charge in [-0.05, 0) is 46.5 Å². The van der Waals surface area contributed by atoms with Crippen LogP contribution in [0.3, 0.4) is 0 Å². The molecule has 1 heterocycles. The van der Waals surface area contributed by atoms with Crippen LogP contribution < -0.4 is 0 Å². The van der Waals surface area contributed by atoms with Crippen LogP contribution in [-0.4, -0.2) is 108 Å². The number of rotatable bonds is 6. The fraction of sp³-hybridized carbons (Fsp3) is 1.00. The largest absolute Gasteiger partial charge is 0.393 e. The van der Waals surface area contributed by atoms with Gasteiger partial charge in [0, 0.05) is 17.3 Å². The highest BCUT2D eigenvalue weighted by molar-refractivity contribution is 7.86. The number of hydrogen-bond acceptors (Lipinski definition) is 12. The number of hydrogen-bond donors (Lipinski definition) is 8. The van der Waals surface area contributed by atoms with Gasteiger partial charge >= 0.3 is 0 Å². The third-order valence-corrected chi connectivity index (χ3v) is 9.07. The van der Waals surface area contributed by atoms with Crippen LogP contribution in [0.4, 0.5) is 0 Å². The molecule has 3 aliphatic rings. The topological polar surface area (TPSA) is 224 Å². The summed E-state index contributed by atoms with van der Waals surface area (Å²) >= 11 is 0. The van der Waals surface area contributed by atoms with Gasteiger partial charge in [-0.2, -0.15) is 8.42 Å². The molecule has 0 aromatic heterocycles. The highest BCUT2D eigenvalue weighted by atomic mass is 32.2. The molecule has 0 spiro atoms. The van der Waals surface area contributed by atoms with Crippen molar-refractivity contribution in [1.82, 2.24) is 0 Å². The average Bonchev–Trinajstić information content (AvgIpc) is 2.71. The summed E-state index contributed by atoms with van der Waals surface area (Å²) in [5.74, 6) is -1.56. The fourth-order valence-electron chi connectivity index (χ4n) is 6.13. The quantitative estimate of drug-likeness (QED) is 0.106. The van der Waals surface area contributed by atoms with E-state index in [4.69, 9.17) is 14.5 Å². The van der Waals surface area contributed by atoms with Gasteiger partial charge in [-0.25, -0.2) is 9.78 Å². The molecule has 2 aliphatic carbocycles. The molecule has 206 valence electrons. The van der Waals surface area contributed by atoms with Crippen LogP contribution in [0.5, 0.6) is 0 Å². The first-order valence-corrected chi connectivity index (χ1v) is 13.1. The van der Waals surface area contributed by atoms with Gasteiger partial charge in [-0.1, -0.05) is 6.92 Å². The van der Waals surface area contributed by atoms with E-state index in [0.717, 1.165) is 0 Å². The van der Waals surface area contributed by atoms with Crippen molar-refractivity contribution in [1.29, 1.82) is 0 Å². The van der Waals surface area contributed by atoms with Crippen LogP contribution in [0.15, 0.2) is 0 Å². The summed E-state index contributed by atoms with van der Waals surface area (Å²) in [5, 5.41) is 72.6. The summed E-state index contributed by atoms with van der Waals surface area (Å²) < 4.78 is 39.0. The summed E-state index contributed by atoms with van der Waals surface area (Å²) in [5.41, 5.74) is -6.17. The Labute approximate surface area is 203 Å². The molecule has 0 radical (unpaired) electrons. The summed E-state index contributed by atoms with van der Waals surface area (Å²) in [6, 6.07) is 0. The zero-order chi connectivity index (χ0) is 26.7. The molecular weight excluding hydrogens is 492 g/mol. The molecule has 0 aromatic carbocycles. The summed E-state index contributed by atoms with van der Waals surface area (Å²) in [4.78, 5) is 10.6. The van der Waals surface area contributed by atoms with Gasteiger partial charge in [-0.3, -0.25) is 4.55 Å². The van der Waals surface area contributed by atoms with Crippen molar-refractivity contribution in [3.63, 3.8) is 0 Å². The van der Waals surface area contributed by atoms with E-state index in [2.05, 4.69) is 0 Å². The molecule has 0 bridgehead atoms. The Bertz CT molecular complexity index is 858. The predicted molar refractivity (Wildman–Crippen MR) is 117 cm³/mol. The lowest BCUT2D eigenvalue weighted by Gasteiger charge is -2.60. The van der Waals surface area contributed by atoms with Crippen LogP contribution in [0, 0.1) is 17.3 Å². The molecule has 1 saturated heterocycles. The molecule has 1 aliphatic heterocycles. The highest BCUT2D eigenvalue weighted by Crippen LogP contribution is 2.57. The maximum Gasteiger partial charge on any atom is 0.298 e. The first kappa shape index (κ1) is 29.1. The minimum absolute atomic E-state index is 0.190. The number of fused-ring (bicyclic) bond motifs is 1. The molecule has 3 fully saturated rings. The van der Waals surface area contributed by atoms with Crippen molar-refractivity contribution in [3.05, 3.63) is 0 Å². The monoisotopic (exact) mass is 530 g/mol. The second-order valence-corrected chi connectivity index (χ2v) is 12.7. The molecule has 0 amide bonds. The number of aliphatic hydroxyl groups is 7. The van der Waals surface area contributed by atoms with E-state index >= 15 is 0 Å². The molecule has 12 unspecified atom stereocenters. The summed E-state index contributed by atoms with van der Waals surface area (Å²) in [6.07, 6.45) is -11.1. The van der Waals surface area contributed by atoms with Crippen molar-refractivity contribution in [2.45, 2.75) is 113 Å². The lowest BCUT2D eigenvalue weighted by atomic mass is 9.50. The van der Waals surface area contributed by atoms with E-state index in [-0.39, 0.29) is 6.42 Å². The number of aliphatic hydroxyl groups excluding tert-OH is 5. The lowest BCUT2D eigenvalue weighted by Crippen LogP contribution is -2.66.